The minimum Gasteiger partial charge on any atom is -0.335 e. The molecule has 24 heavy (non-hydrogen) atoms. The SMILES string of the molecule is Cc1ccccc1SCC(=O)N(C1CCCC1)C1CCS(=O)(=O)C1. The fraction of sp³-hybridized carbons (Fsp3) is 0.611. The molecule has 0 bridgehead atoms. The van der Waals surface area contributed by atoms with Crippen LogP contribution in [-0.2, 0) is 14.6 Å². The van der Waals surface area contributed by atoms with Gasteiger partial charge in [0, 0.05) is 17.0 Å². The molecule has 0 spiro atoms. The van der Waals surface area contributed by atoms with Gasteiger partial charge in [-0.3, -0.25) is 4.79 Å². The van der Waals surface area contributed by atoms with Crippen molar-refractivity contribution in [2.75, 3.05) is 17.3 Å². The Kier molecular flexibility index (Phi) is 5.55. The Balaban J connectivity index is 1.70. The minimum atomic E-state index is -2.98. The number of carbonyl (C=O) groups excluding carboxylic acids is 1. The Labute approximate surface area is 148 Å². The summed E-state index contributed by atoms with van der Waals surface area (Å²) in [5.74, 6) is 0.846. The Morgan fingerprint density at radius 3 is 2.50 bits per heavy atom. The standard InChI is InChI=1S/C18H25NO3S2/c1-14-6-2-5-9-17(14)23-12-18(20)19(15-7-3-4-8-15)16-10-11-24(21,22)13-16/h2,5-6,9,15-16H,3-4,7-8,10-13H2,1H3. The number of amides is 1. The van der Waals surface area contributed by atoms with Gasteiger partial charge in [-0.1, -0.05) is 31.0 Å². The van der Waals surface area contributed by atoms with E-state index in [1.165, 1.54) is 5.56 Å². The van der Waals surface area contributed by atoms with Crippen LogP contribution in [0.1, 0.15) is 37.7 Å². The van der Waals surface area contributed by atoms with E-state index in [-0.39, 0.29) is 29.5 Å². The molecule has 1 aromatic carbocycles. The molecule has 1 unspecified atom stereocenters. The van der Waals surface area contributed by atoms with E-state index in [9.17, 15) is 13.2 Å². The van der Waals surface area contributed by atoms with Gasteiger partial charge in [0.15, 0.2) is 9.84 Å². The molecule has 3 rings (SSSR count). The lowest BCUT2D eigenvalue weighted by Gasteiger charge is -2.34. The molecule has 1 heterocycles. The Morgan fingerprint density at radius 2 is 1.88 bits per heavy atom. The maximum atomic E-state index is 12.9. The van der Waals surface area contributed by atoms with Crippen molar-refractivity contribution in [3.05, 3.63) is 29.8 Å². The summed E-state index contributed by atoms with van der Waals surface area (Å²) in [6.07, 6.45) is 4.89. The summed E-state index contributed by atoms with van der Waals surface area (Å²) in [6, 6.07) is 8.17. The number of hydrogen-bond acceptors (Lipinski definition) is 4. The Hall–Kier alpha value is -1.01. The zero-order valence-corrected chi connectivity index (χ0v) is 15.7. The average Bonchev–Trinajstić information content (AvgIpc) is 3.17. The highest BCUT2D eigenvalue weighted by Gasteiger charge is 2.38. The van der Waals surface area contributed by atoms with E-state index in [0.29, 0.717) is 12.2 Å². The molecule has 1 atom stereocenters. The van der Waals surface area contributed by atoms with E-state index in [1.54, 1.807) is 11.8 Å². The van der Waals surface area contributed by atoms with Crippen molar-refractivity contribution >= 4 is 27.5 Å². The molecule has 2 fully saturated rings. The number of benzene rings is 1. The fourth-order valence-electron chi connectivity index (χ4n) is 3.82. The van der Waals surface area contributed by atoms with Crippen LogP contribution in [0.15, 0.2) is 29.2 Å². The lowest BCUT2D eigenvalue weighted by atomic mass is 10.1. The quantitative estimate of drug-likeness (QED) is 0.751. The highest BCUT2D eigenvalue weighted by Crippen LogP contribution is 2.31. The number of aryl methyl sites for hydroxylation is 1. The van der Waals surface area contributed by atoms with Gasteiger partial charge in [0.05, 0.1) is 17.3 Å². The van der Waals surface area contributed by atoms with Gasteiger partial charge in [-0.05, 0) is 37.8 Å². The molecule has 1 amide bonds. The summed E-state index contributed by atoms with van der Waals surface area (Å²) in [5.41, 5.74) is 1.17. The van der Waals surface area contributed by atoms with Crippen LogP contribution >= 0.6 is 11.8 Å². The maximum Gasteiger partial charge on any atom is 0.233 e. The van der Waals surface area contributed by atoms with Crippen LogP contribution in [0.2, 0.25) is 0 Å². The minimum absolute atomic E-state index is 0.0947. The van der Waals surface area contributed by atoms with Crippen LogP contribution in [0.3, 0.4) is 0 Å². The third-order valence-electron chi connectivity index (χ3n) is 5.05. The van der Waals surface area contributed by atoms with Crippen molar-refractivity contribution in [2.24, 2.45) is 0 Å². The molecule has 1 aliphatic carbocycles. The average molecular weight is 368 g/mol. The van der Waals surface area contributed by atoms with E-state index >= 15 is 0 Å². The summed E-state index contributed by atoms with van der Waals surface area (Å²) in [6.45, 7) is 2.05. The maximum absolute atomic E-state index is 12.9. The molecule has 0 aromatic heterocycles. The summed E-state index contributed by atoms with van der Waals surface area (Å²) in [7, 11) is -2.98. The first kappa shape index (κ1) is 17.8. The Bertz CT molecular complexity index is 696. The highest BCUT2D eigenvalue weighted by molar-refractivity contribution is 8.00. The molecule has 4 nitrogen and oxygen atoms in total. The first-order chi connectivity index (χ1) is 11.5. The van der Waals surface area contributed by atoms with Crippen LogP contribution < -0.4 is 0 Å². The van der Waals surface area contributed by atoms with Gasteiger partial charge in [0.1, 0.15) is 0 Å². The molecule has 0 N–H and O–H groups in total. The molecule has 2 aliphatic rings. The smallest absolute Gasteiger partial charge is 0.233 e. The third-order valence-corrected chi connectivity index (χ3v) is 7.96. The van der Waals surface area contributed by atoms with Crippen LogP contribution in [0.4, 0.5) is 0 Å². The number of sulfone groups is 1. The largest absolute Gasteiger partial charge is 0.335 e. The Morgan fingerprint density at radius 1 is 1.17 bits per heavy atom. The van der Waals surface area contributed by atoms with E-state index < -0.39 is 9.84 Å². The number of rotatable bonds is 5. The molecule has 1 aromatic rings. The first-order valence-electron chi connectivity index (χ1n) is 8.66. The van der Waals surface area contributed by atoms with E-state index in [2.05, 4.69) is 0 Å². The molecular weight excluding hydrogens is 342 g/mol. The normalized spacial score (nSPS) is 23.5. The lowest BCUT2D eigenvalue weighted by Crippen LogP contribution is -2.47. The van der Waals surface area contributed by atoms with Gasteiger partial charge in [0.25, 0.3) is 0 Å². The van der Waals surface area contributed by atoms with Crippen molar-refractivity contribution in [3.8, 4) is 0 Å². The van der Waals surface area contributed by atoms with Crippen LogP contribution in [0.5, 0.6) is 0 Å². The van der Waals surface area contributed by atoms with Gasteiger partial charge in [-0.15, -0.1) is 11.8 Å². The number of thioether (sulfide) groups is 1. The van der Waals surface area contributed by atoms with Crippen molar-refractivity contribution in [1.29, 1.82) is 0 Å². The van der Waals surface area contributed by atoms with Gasteiger partial charge in [-0.2, -0.15) is 0 Å². The molecule has 6 heteroatoms. The number of hydrogen-bond donors (Lipinski definition) is 0. The predicted octanol–water partition coefficient (Wildman–Crippen LogP) is 3.05. The van der Waals surface area contributed by atoms with Gasteiger partial charge in [0.2, 0.25) is 5.91 Å². The second-order valence-electron chi connectivity index (χ2n) is 6.85. The molecule has 1 saturated heterocycles. The summed E-state index contributed by atoms with van der Waals surface area (Å²) in [4.78, 5) is 16.0. The zero-order chi connectivity index (χ0) is 17.2. The highest BCUT2D eigenvalue weighted by atomic mass is 32.2. The van der Waals surface area contributed by atoms with Crippen LogP contribution in [0, 0.1) is 6.92 Å². The molecule has 132 valence electrons. The van der Waals surface area contributed by atoms with Crippen molar-refractivity contribution in [2.45, 2.75) is 56.0 Å². The van der Waals surface area contributed by atoms with E-state index in [0.717, 1.165) is 30.6 Å². The predicted molar refractivity (Wildman–Crippen MR) is 98.1 cm³/mol. The topological polar surface area (TPSA) is 54.5 Å². The van der Waals surface area contributed by atoms with Crippen molar-refractivity contribution in [1.82, 2.24) is 4.90 Å². The number of nitrogens with zero attached hydrogens (tertiary/aromatic N) is 1. The van der Waals surface area contributed by atoms with Crippen LogP contribution in [-0.4, -0.2) is 48.6 Å². The van der Waals surface area contributed by atoms with Gasteiger partial charge < -0.3 is 4.90 Å². The molecule has 1 saturated carbocycles. The van der Waals surface area contributed by atoms with Gasteiger partial charge in [-0.25, -0.2) is 8.42 Å². The third kappa shape index (κ3) is 4.14. The summed E-state index contributed by atoms with van der Waals surface area (Å²) < 4.78 is 23.7. The summed E-state index contributed by atoms with van der Waals surface area (Å²) in [5, 5.41) is 0. The molecule has 0 radical (unpaired) electrons. The van der Waals surface area contributed by atoms with Gasteiger partial charge >= 0.3 is 0 Å². The lowest BCUT2D eigenvalue weighted by molar-refractivity contribution is -0.132. The number of carbonyl (C=O) groups is 1. The molecule has 1 aliphatic heterocycles. The monoisotopic (exact) mass is 367 g/mol. The van der Waals surface area contributed by atoms with Crippen LogP contribution in [0.25, 0.3) is 0 Å². The first-order valence-corrected chi connectivity index (χ1v) is 11.5. The van der Waals surface area contributed by atoms with Crippen molar-refractivity contribution in [3.63, 3.8) is 0 Å². The second kappa shape index (κ2) is 7.48. The summed E-state index contributed by atoms with van der Waals surface area (Å²) >= 11 is 1.56. The van der Waals surface area contributed by atoms with Crippen molar-refractivity contribution < 1.29 is 13.2 Å². The fourth-order valence-corrected chi connectivity index (χ4v) is 6.42. The van der Waals surface area contributed by atoms with E-state index in [1.807, 2.05) is 36.1 Å². The second-order valence-corrected chi connectivity index (χ2v) is 10.1. The van der Waals surface area contributed by atoms with E-state index in [4.69, 9.17) is 0 Å². The zero-order valence-electron chi connectivity index (χ0n) is 14.1. The molecular formula is C18H25NO3S2.